The average Bonchev–Trinajstić information content (AvgIpc) is 2.41. The van der Waals surface area contributed by atoms with Crippen LogP contribution in [0.5, 0.6) is 0 Å². The Hall–Kier alpha value is -0.120. The van der Waals surface area contributed by atoms with E-state index in [1.807, 2.05) is 0 Å². The largest absolute Gasteiger partial charge is 0.330 e. The molecule has 2 unspecified atom stereocenters. The Morgan fingerprint density at radius 3 is 2.44 bits per heavy atom. The summed E-state index contributed by atoms with van der Waals surface area (Å²) in [5, 5.41) is 0. The lowest BCUT2D eigenvalue weighted by Gasteiger charge is -2.44. The molecule has 0 spiro atoms. The van der Waals surface area contributed by atoms with Crippen LogP contribution >= 0.6 is 0 Å². The van der Waals surface area contributed by atoms with Gasteiger partial charge in [0.2, 0.25) is 0 Å². The van der Waals surface area contributed by atoms with E-state index in [1.165, 1.54) is 58.4 Å². The van der Waals surface area contributed by atoms with Gasteiger partial charge in [-0.15, -0.1) is 0 Å². The molecule has 0 aromatic rings. The SMILES string of the molecule is CCCN1CCC(N2CCC(C)C(CN)C2)CC1. The second kappa shape index (κ2) is 6.88. The molecule has 2 N–H and O–H groups in total. The van der Waals surface area contributed by atoms with Gasteiger partial charge in [-0.25, -0.2) is 0 Å². The van der Waals surface area contributed by atoms with E-state index < -0.39 is 0 Å². The van der Waals surface area contributed by atoms with Crippen LogP contribution in [0.3, 0.4) is 0 Å². The smallest absolute Gasteiger partial charge is 0.0120 e. The maximum absolute atomic E-state index is 5.91. The van der Waals surface area contributed by atoms with E-state index in [9.17, 15) is 0 Å². The lowest BCUT2D eigenvalue weighted by molar-refractivity contribution is 0.0532. The van der Waals surface area contributed by atoms with Gasteiger partial charge >= 0.3 is 0 Å². The number of hydrogen-bond acceptors (Lipinski definition) is 3. The van der Waals surface area contributed by atoms with Crippen LogP contribution in [0, 0.1) is 11.8 Å². The van der Waals surface area contributed by atoms with Crippen molar-refractivity contribution in [3.05, 3.63) is 0 Å². The fraction of sp³-hybridized carbons (Fsp3) is 1.00. The Morgan fingerprint density at radius 1 is 1.11 bits per heavy atom. The number of nitrogens with zero attached hydrogens (tertiary/aromatic N) is 2. The molecule has 0 saturated carbocycles. The highest BCUT2D eigenvalue weighted by Crippen LogP contribution is 2.27. The van der Waals surface area contributed by atoms with Crippen LogP contribution in [0.1, 0.15) is 39.5 Å². The molecule has 18 heavy (non-hydrogen) atoms. The third-order valence-corrected chi connectivity index (χ3v) is 5.06. The van der Waals surface area contributed by atoms with E-state index in [-0.39, 0.29) is 0 Å². The zero-order valence-corrected chi connectivity index (χ0v) is 12.3. The first kappa shape index (κ1) is 14.3. The summed E-state index contributed by atoms with van der Waals surface area (Å²) >= 11 is 0. The standard InChI is InChI=1S/C15H31N3/c1-3-7-17-8-5-15(6-9-17)18-10-4-13(2)14(11-16)12-18/h13-15H,3-12,16H2,1-2H3. The molecule has 3 heteroatoms. The Labute approximate surface area is 113 Å². The average molecular weight is 253 g/mol. The van der Waals surface area contributed by atoms with Crippen molar-refractivity contribution in [1.82, 2.24) is 9.80 Å². The third kappa shape index (κ3) is 3.46. The van der Waals surface area contributed by atoms with Crippen LogP contribution in [0.15, 0.2) is 0 Å². The first-order valence-corrected chi connectivity index (χ1v) is 7.91. The normalized spacial score (nSPS) is 32.8. The third-order valence-electron chi connectivity index (χ3n) is 5.06. The van der Waals surface area contributed by atoms with Gasteiger partial charge in [-0.3, -0.25) is 4.90 Å². The van der Waals surface area contributed by atoms with Gasteiger partial charge in [0.25, 0.3) is 0 Å². The Morgan fingerprint density at radius 2 is 1.83 bits per heavy atom. The van der Waals surface area contributed by atoms with Crippen molar-refractivity contribution in [2.75, 3.05) is 39.3 Å². The zero-order chi connectivity index (χ0) is 13.0. The van der Waals surface area contributed by atoms with Crippen molar-refractivity contribution in [3.8, 4) is 0 Å². The minimum atomic E-state index is 0.729. The van der Waals surface area contributed by atoms with Crippen molar-refractivity contribution in [2.24, 2.45) is 17.6 Å². The van der Waals surface area contributed by atoms with E-state index >= 15 is 0 Å². The molecule has 0 amide bonds. The van der Waals surface area contributed by atoms with Crippen molar-refractivity contribution in [1.29, 1.82) is 0 Å². The molecule has 2 rings (SSSR count). The second-order valence-corrected chi connectivity index (χ2v) is 6.33. The van der Waals surface area contributed by atoms with Gasteiger partial charge in [0, 0.05) is 12.6 Å². The van der Waals surface area contributed by atoms with Gasteiger partial charge < -0.3 is 10.6 Å². The van der Waals surface area contributed by atoms with Crippen LogP contribution < -0.4 is 5.73 Å². The Balaban J connectivity index is 1.79. The lowest BCUT2D eigenvalue weighted by atomic mass is 9.85. The highest BCUT2D eigenvalue weighted by atomic mass is 15.2. The summed E-state index contributed by atoms with van der Waals surface area (Å²) in [4.78, 5) is 5.37. The van der Waals surface area contributed by atoms with E-state index in [1.54, 1.807) is 0 Å². The lowest BCUT2D eigenvalue weighted by Crippen LogP contribution is -2.51. The van der Waals surface area contributed by atoms with E-state index in [0.717, 1.165) is 24.4 Å². The van der Waals surface area contributed by atoms with Gasteiger partial charge in [0.1, 0.15) is 0 Å². The first-order valence-electron chi connectivity index (χ1n) is 7.91. The van der Waals surface area contributed by atoms with Crippen molar-refractivity contribution < 1.29 is 0 Å². The minimum Gasteiger partial charge on any atom is -0.330 e. The second-order valence-electron chi connectivity index (χ2n) is 6.33. The van der Waals surface area contributed by atoms with Crippen molar-refractivity contribution >= 4 is 0 Å². The monoisotopic (exact) mass is 253 g/mol. The summed E-state index contributed by atoms with van der Waals surface area (Å²) in [7, 11) is 0. The molecule has 2 aliphatic heterocycles. The first-order chi connectivity index (χ1) is 8.74. The summed E-state index contributed by atoms with van der Waals surface area (Å²) in [6.45, 7) is 12.0. The van der Waals surface area contributed by atoms with Gasteiger partial charge in [-0.2, -0.15) is 0 Å². The predicted molar refractivity (Wildman–Crippen MR) is 77.7 cm³/mol. The molecule has 2 saturated heterocycles. The van der Waals surface area contributed by atoms with Gasteiger partial charge in [0.05, 0.1) is 0 Å². The van der Waals surface area contributed by atoms with Crippen LogP contribution in [-0.4, -0.2) is 55.1 Å². The summed E-state index contributed by atoms with van der Waals surface area (Å²) in [5.74, 6) is 1.55. The minimum absolute atomic E-state index is 0.729. The summed E-state index contributed by atoms with van der Waals surface area (Å²) in [5.41, 5.74) is 5.91. The van der Waals surface area contributed by atoms with Crippen molar-refractivity contribution in [2.45, 2.75) is 45.6 Å². The molecule has 2 atom stereocenters. The Bertz CT molecular complexity index is 236. The van der Waals surface area contributed by atoms with Gasteiger partial charge in [0.15, 0.2) is 0 Å². The number of rotatable bonds is 4. The fourth-order valence-electron chi connectivity index (χ4n) is 3.64. The molecule has 0 aromatic carbocycles. The highest BCUT2D eigenvalue weighted by molar-refractivity contribution is 4.86. The number of likely N-dealkylation sites (tertiary alicyclic amines) is 2. The maximum Gasteiger partial charge on any atom is 0.0120 e. The van der Waals surface area contributed by atoms with E-state index in [0.29, 0.717) is 0 Å². The maximum atomic E-state index is 5.91. The molecule has 0 bridgehead atoms. The molecule has 2 aliphatic rings. The number of piperidine rings is 2. The topological polar surface area (TPSA) is 32.5 Å². The van der Waals surface area contributed by atoms with Crippen LogP contribution in [0.2, 0.25) is 0 Å². The molecule has 0 aromatic heterocycles. The van der Waals surface area contributed by atoms with Gasteiger partial charge in [-0.05, 0) is 70.2 Å². The molecule has 106 valence electrons. The van der Waals surface area contributed by atoms with Crippen LogP contribution in [0.4, 0.5) is 0 Å². The Kier molecular flexibility index (Phi) is 5.46. The van der Waals surface area contributed by atoms with Crippen molar-refractivity contribution in [3.63, 3.8) is 0 Å². The molecule has 0 radical (unpaired) electrons. The highest BCUT2D eigenvalue weighted by Gasteiger charge is 2.31. The summed E-state index contributed by atoms with van der Waals surface area (Å²) in [6, 6.07) is 0.833. The van der Waals surface area contributed by atoms with E-state index in [2.05, 4.69) is 23.6 Å². The summed E-state index contributed by atoms with van der Waals surface area (Å²) in [6.07, 6.45) is 5.37. The molecule has 0 aliphatic carbocycles. The molecular weight excluding hydrogens is 222 g/mol. The van der Waals surface area contributed by atoms with E-state index in [4.69, 9.17) is 5.73 Å². The number of nitrogens with two attached hydrogens (primary N) is 1. The molecule has 3 nitrogen and oxygen atoms in total. The van der Waals surface area contributed by atoms with Crippen LogP contribution in [-0.2, 0) is 0 Å². The fourth-order valence-corrected chi connectivity index (χ4v) is 3.64. The quantitative estimate of drug-likeness (QED) is 0.829. The van der Waals surface area contributed by atoms with Gasteiger partial charge in [-0.1, -0.05) is 13.8 Å². The number of hydrogen-bond donors (Lipinski definition) is 1. The summed E-state index contributed by atoms with van der Waals surface area (Å²) < 4.78 is 0. The molecule has 2 heterocycles. The molecule has 2 fully saturated rings. The van der Waals surface area contributed by atoms with Crippen LogP contribution in [0.25, 0.3) is 0 Å². The molecular formula is C15H31N3. The predicted octanol–water partition coefficient (Wildman–Crippen LogP) is 1.78. The zero-order valence-electron chi connectivity index (χ0n) is 12.3.